The van der Waals surface area contributed by atoms with Gasteiger partial charge in [0.25, 0.3) is 0 Å². The number of carbonyl (C=O) groups excluding carboxylic acids is 1. The molecule has 41 heavy (non-hydrogen) atoms. The summed E-state index contributed by atoms with van der Waals surface area (Å²) in [6.07, 6.45) is -0.0293. The Morgan fingerprint density at radius 1 is 0.902 bits per heavy atom. The lowest BCUT2D eigenvalue weighted by Crippen LogP contribution is -2.27. The molecule has 0 spiro atoms. The summed E-state index contributed by atoms with van der Waals surface area (Å²) in [6, 6.07) is 21.8. The molecule has 0 aliphatic heterocycles. The lowest BCUT2D eigenvalue weighted by Gasteiger charge is -2.30. The third-order valence-corrected chi connectivity index (χ3v) is 9.67. The van der Waals surface area contributed by atoms with Crippen molar-refractivity contribution in [2.24, 2.45) is 0 Å². The van der Waals surface area contributed by atoms with Crippen LogP contribution in [0, 0.1) is 6.92 Å². The molecule has 0 fully saturated rings. The summed E-state index contributed by atoms with van der Waals surface area (Å²) in [5.74, 6) is -0.540. The summed E-state index contributed by atoms with van der Waals surface area (Å²) in [4.78, 5) is 13.6. The highest BCUT2D eigenvalue weighted by atomic mass is 32.2. The van der Waals surface area contributed by atoms with E-state index in [0.29, 0.717) is 22.6 Å². The number of rotatable bonds is 13. The van der Waals surface area contributed by atoms with Crippen LogP contribution in [0.4, 0.5) is 5.69 Å². The fourth-order valence-electron chi connectivity index (χ4n) is 3.90. The lowest BCUT2D eigenvalue weighted by atomic mass is 10.0. The first kappa shape index (κ1) is 31.9. The second-order valence-electron chi connectivity index (χ2n) is 8.76. The minimum absolute atomic E-state index is 0.0241. The van der Waals surface area contributed by atoms with Crippen LogP contribution in [0.1, 0.15) is 24.5 Å². The van der Waals surface area contributed by atoms with Gasteiger partial charge in [-0.3, -0.25) is 9.05 Å². The molecule has 0 saturated carbocycles. The van der Waals surface area contributed by atoms with Crippen LogP contribution in [-0.4, -0.2) is 48.1 Å². The van der Waals surface area contributed by atoms with Crippen molar-refractivity contribution in [2.45, 2.75) is 25.2 Å². The number of ether oxygens (including phenoxy) is 2. The second-order valence-corrected chi connectivity index (χ2v) is 12.9. The summed E-state index contributed by atoms with van der Waals surface area (Å²) in [5, 5.41) is 0. The smallest absolute Gasteiger partial charge is 0.439 e. The predicted molar refractivity (Wildman–Crippen MR) is 158 cm³/mol. The van der Waals surface area contributed by atoms with Crippen LogP contribution in [0.2, 0.25) is 0 Å². The van der Waals surface area contributed by atoms with Gasteiger partial charge in [0.05, 0.1) is 30.1 Å². The number of carbonyl (C=O) groups is 1. The molecule has 11 heteroatoms. The zero-order chi connectivity index (χ0) is 30.0. The van der Waals surface area contributed by atoms with E-state index in [1.54, 1.807) is 73.7 Å². The van der Waals surface area contributed by atoms with E-state index in [-0.39, 0.29) is 29.4 Å². The third-order valence-electron chi connectivity index (χ3n) is 6.10. The van der Waals surface area contributed by atoms with Crippen molar-refractivity contribution in [1.82, 2.24) is 0 Å². The Morgan fingerprint density at radius 2 is 1.51 bits per heavy atom. The van der Waals surface area contributed by atoms with E-state index in [0.717, 1.165) is 10.2 Å². The minimum atomic E-state index is -4.14. The van der Waals surface area contributed by atoms with Crippen LogP contribution < -0.4 is 9.41 Å². The summed E-state index contributed by atoms with van der Waals surface area (Å²) in [5.41, 5.74) is 4.96. The van der Waals surface area contributed by atoms with Crippen molar-refractivity contribution in [3.8, 4) is 5.75 Å². The van der Waals surface area contributed by atoms with E-state index in [4.69, 9.17) is 18.5 Å². The molecule has 218 valence electrons. The van der Waals surface area contributed by atoms with Gasteiger partial charge in [0.15, 0.2) is 15.5 Å². The first-order chi connectivity index (χ1) is 19.6. The van der Waals surface area contributed by atoms with Crippen LogP contribution in [0.15, 0.2) is 95.2 Å². The van der Waals surface area contributed by atoms with Crippen molar-refractivity contribution in [3.63, 3.8) is 0 Å². The molecule has 9 nitrogen and oxygen atoms in total. The summed E-state index contributed by atoms with van der Waals surface area (Å²) >= 11 is 0. The van der Waals surface area contributed by atoms with E-state index in [9.17, 15) is 17.8 Å². The van der Waals surface area contributed by atoms with Crippen LogP contribution >= 0.6 is 7.75 Å². The monoisotopic (exact) mass is 599 g/mol. The van der Waals surface area contributed by atoms with Crippen LogP contribution in [0.5, 0.6) is 5.75 Å². The fraction of sp³-hybridized carbons (Fsp3) is 0.267. The molecule has 0 amide bonds. The molecule has 0 atom stereocenters. The molecule has 0 heterocycles. The Morgan fingerprint density at radius 3 is 2.05 bits per heavy atom. The van der Waals surface area contributed by atoms with Gasteiger partial charge in [0.1, 0.15) is 5.75 Å². The molecular formula is C30H34NO8PS. The molecule has 3 aromatic carbocycles. The van der Waals surface area contributed by atoms with Gasteiger partial charge in [0, 0.05) is 19.8 Å². The highest BCUT2D eigenvalue weighted by Gasteiger charge is 2.38. The molecule has 3 aromatic rings. The van der Waals surface area contributed by atoms with Gasteiger partial charge < -0.3 is 9.47 Å². The number of esters is 1. The van der Waals surface area contributed by atoms with Crippen molar-refractivity contribution < 1.29 is 36.3 Å². The van der Waals surface area contributed by atoms with Gasteiger partial charge in [-0.15, -0.1) is 0 Å². The normalized spacial score (nSPS) is 11.3. The standard InChI is InChI=1S/C30H34NO8PS/c1-6-39-30(32)29(31(40(33,37-4)38-5)26-16-12-23(2)13-17-26)22-25(24-14-18-27(36-3)19-15-24)20-21-41(34,35)28-10-8-7-9-11-28/h7-19H,6,20-21H2,1-5H3. The molecule has 0 aliphatic carbocycles. The largest absolute Gasteiger partial charge is 0.497 e. The van der Waals surface area contributed by atoms with E-state index in [1.807, 2.05) is 6.92 Å². The van der Waals surface area contributed by atoms with E-state index >= 15 is 0 Å². The molecule has 3 rings (SSSR count). The van der Waals surface area contributed by atoms with Crippen LogP contribution in [-0.2, 0) is 33.0 Å². The van der Waals surface area contributed by atoms with Crippen molar-refractivity contribution >= 4 is 34.8 Å². The summed E-state index contributed by atoms with van der Waals surface area (Å²) in [7, 11) is -3.89. The van der Waals surface area contributed by atoms with Gasteiger partial charge in [-0.1, -0.05) is 53.8 Å². The number of aryl methyl sites for hydroxylation is 1. The SMILES string of the molecule is CCOC(=O)C(=C=C(CCS(=O)(=O)c1ccccc1)c1ccc(OC)cc1)N(c1ccc(C)cc1)P(=O)(OC)OC. The number of hydrogen-bond acceptors (Lipinski definition) is 8. The highest BCUT2D eigenvalue weighted by molar-refractivity contribution is 7.91. The Hall–Kier alpha value is -3.65. The molecule has 0 bridgehead atoms. The maximum Gasteiger partial charge on any atom is 0.439 e. The Balaban J connectivity index is 2.32. The molecular weight excluding hydrogens is 565 g/mol. The minimum Gasteiger partial charge on any atom is -0.497 e. The van der Waals surface area contributed by atoms with Crippen molar-refractivity contribution in [2.75, 3.05) is 38.4 Å². The number of nitrogens with zero attached hydrogens (tertiary/aromatic N) is 1. The molecule has 0 radical (unpaired) electrons. The highest BCUT2D eigenvalue weighted by Crippen LogP contribution is 2.55. The summed E-state index contributed by atoms with van der Waals surface area (Å²) in [6.45, 7) is 3.55. The quantitative estimate of drug-likeness (QED) is 0.0981. The van der Waals surface area contributed by atoms with Gasteiger partial charge in [-0.25, -0.2) is 22.4 Å². The van der Waals surface area contributed by atoms with E-state index < -0.39 is 23.6 Å². The lowest BCUT2D eigenvalue weighted by molar-refractivity contribution is -0.138. The van der Waals surface area contributed by atoms with Crippen molar-refractivity contribution in [1.29, 1.82) is 0 Å². The fourth-order valence-corrected chi connectivity index (χ4v) is 6.45. The Kier molecular flexibility index (Phi) is 11.1. The number of anilines is 1. The average Bonchev–Trinajstić information content (AvgIpc) is 2.99. The zero-order valence-corrected chi connectivity index (χ0v) is 25.4. The molecule has 0 aromatic heterocycles. The van der Waals surface area contributed by atoms with Crippen LogP contribution in [0.25, 0.3) is 5.57 Å². The third kappa shape index (κ3) is 7.97. The second kappa shape index (κ2) is 14.3. The average molecular weight is 600 g/mol. The van der Waals surface area contributed by atoms with E-state index in [2.05, 4.69) is 5.73 Å². The van der Waals surface area contributed by atoms with Crippen molar-refractivity contribution in [3.05, 3.63) is 101 Å². The summed E-state index contributed by atoms with van der Waals surface area (Å²) < 4.78 is 62.6. The maximum atomic E-state index is 13.9. The molecule has 0 unspecified atom stereocenters. The van der Waals surface area contributed by atoms with E-state index in [1.165, 1.54) is 33.5 Å². The number of benzene rings is 3. The topological polar surface area (TPSA) is 108 Å². The number of hydrogen-bond donors (Lipinski definition) is 0. The number of methoxy groups -OCH3 is 1. The zero-order valence-electron chi connectivity index (χ0n) is 23.7. The maximum absolute atomic E-state index is 13.9. The van der Waals surface area contributed by atoms with Gasteiger partial charge in [0.2, 0.25) is 0 Å². The molecule has 0 saturated heterocycles. The van der Waals surface area contributed by atoms with Crippen LogP contribution in [0.3, 0.4) is 0 Å². The van der Waals surface area contributed by atoms with Gasteiger partial charge in [-0.2, -0.15) is 0 Å². The van der Waals surface area contributed by atoms with Gasteiger partial charge >= 0.3 is 13.7 Å². The number of sulfone groups is 1. The molecule has 0 N–H and O–H groups in total. The Labute approximate surface area is 241 Å². The van der Waals surface area contributed by atoms with Gasteiger partial charge in [-0.05, 0) is 62.2 Å². The predicted octanol–water partition coefficient (Wildman–Crippen LogP) is 6.20. The Bertz CT molecular complexity index is 1540. The first-order valence-corrected chi connectivity index (χ1v) is 15.9. The molecule has 0 aliphatic rings. The first-order valence-electron chi connectivity index (χ1n) is 12.8.